The summed E-state index contributed by atoms with van der Waals surface area (Å²) in [6.07, 6.45) is 0. The Bertz CT molecular complexity index is 800. The van der Waals surface area contributed by atoms with Crippen molar-refractivity contribution in [2.75, 3.05) is 0 Å². The van der Waals surface area contributed by atoms with Crippen molar-refractivity contribution in [2.24, 2.45) is 0 Å². The molecule has 0 aliphatic heterocycles. The van der Waals surface area contributed by atoms with Crippen molar-refractivity contribution < 1.29 is 13.7 Å². The van der Waals surface area contributed by atoms with Gasteiger partial charge in [-0.25, -0.2) is 4.39 Å². The minimum atomic E-state index is -0.456. The molecule has 1 N–H and O–H groups in total. The van der Waals surface area contributed by atoms with Crippen LogP contribution >= 0.6 is 0 Å². The van der Waals surface area contributed by atoms with Crippen molar-refractivity contribution in [3.05, 3.63) is 71.9 Å². The van der Waals surface area contributed by atoms with Gasteiger partial charge in [0.25, 0.3) is 0 Å². The Kier molecular flexibility index (Phi) is 4.14. The van der Waals surface area contributed by atoms with Crippen molar-refractivity contribution in [3.8, 4) is 11.4 Å². The van der Waals surface area contributed by atoms with E-state index in [0.29, 0.717) is 5.56 Å². The summed E-state index contributed by atoms with van der Waals surface area (Å²) in [5, 5.41) is 6.54. The number of amides is 1. The lowest BCUT2D eigenvalue weighted by Gasteiger charge is -2.12. The van der Waals surface area contributed by atoms with Gasteiger partial charge in [-0.2, -0.15) is 4.98 Å². The van der Waals surface area contributed by atoms with Crippen LogP contribution in [0.2, 0.25) is 0 Å². The second-order valence-corrected chi connectivity index (χ2v) is 5.04. The molecule has 0 aliphatic rings. The quantitative estimate of drug-likeness (QED) is 0.802. The molecule has 1 amide bonds. The van der Waals surface area contributed by atoms with Crippen LogP contribution in [0.25, 0.3) is 11.4 Å². The molecule has 0 bridgehead atoms. The zero-order chi connectivity index (χ0) is 16.2. The minimum absolute atomic E-state index is 0.132. The Morgan fingerprint density at radius 2 is 1.83 bits per heavy atom. The number of nitrogens with zero attached hydrogens (tertiary/aromatic N) is 2. The molecular formula is C17H14FN3O2. The van der Waals surface area contributed by atoms with Gasteiger partial charge in [-0.1, -0.05) is 35.5 Å². The summed E-state index contributed by atoms with van der Waals surface area (Å²) in [6, 6.07) is 15.0. The maximum absolute atomic E-state index is 12.9. The van der Waals surface area contributed by atoms with E-state index in [2.05, 4.69) is 15.5 Å². The summed E-state index contributed by atoms with van der Waals surface area (Å²) in [6.45, 7) is 1.87. The van der Waals surface area contributed by atoms with E-state index in [1.807, 2.05) is 37.3 Å². The minimum Gasteiger partial charge on any atom is -0.341 e. The zero-order valence-electron chi connectivity index (χ0n) is 12.4. The number of halogens is 1. The van der Waals surface area contributed by atoms with E-state index in [1.54, 1.807) is 0 Å². The van der Waals surface area contributed by atoms with E-state index >= 15 is 0 Å². The molecule has 1 unspecified atom stereocenters. The lowest BCUT2D eigenvalue weighted by Crippen LogP contribution is -2.26. The molecule has 6 heteroatoms. The summed E-state index contributed by atoms with van der Waals surface area (Å²) in [7, 11) is 0. The molecular weight excluding hydrogens is 297 g/mol. The molecule has 3 rings (SSSR count). The molecule has 0 aliphatic carbocycles. The molecule has 3 aromatic rings. The van der Waals surface area contributed by atoms with Crippen LogP contribution in [-0.2, 0) is 0 Å². The maximum Gasteiger partial charge on any atom is 0.316 e. The SMILES string of the molecule is CC(NC(=O)c1nc(-c2ccc(F)cc2)no1)c1ccccc1. The Hall–Kier alpha value is -3.02. The zero-order valence-corrected chi connectivity index (χ0v) is 12.4. The third-order valence-electron chi connectivity index (χ3n) is 3.37. The van der Waals surface area contributed by atoms with Crippen LogP contribution in [0.3, 0.4) is 0 Å². The first-order chi connectivity index (χ1) is 11.1. The van der Waals surface area contributed by atoms with Crippen LogP contribution in [0.5, 0.6) is 0 Å². The summed E-state index contributed by atoms with van der Waals surface area (Å²) in [5.41, 5.74) is 1.55. The van der Waals surface area contributed by atoms with Gasteiger partial charge < -0.3 is 9.84 Å². The van der Waals surface area contributed by atoms with Gasteiger partial charge >= 0.3 is 11.8 Å². The molecule has 2 aromatic carbocycles. The van der Waals surface area contributed by atoms with Crippen LogP contribution in [0.4, 0.5) is 4.39 Å². The molecule has 0 fully saturated rings. The topological polar surface area (TPSA) is 68.0 Å². The predicted octanol–water partition coefficient (Wildman–Crippen LogP) is 3.37. The number of benzene rings is 2. The average Bonchev–Trinajstić information content (AvgIpc) is 3.06. The number of rotatable bonds is 4. The molecule has 0 saturated carbocycles. The molecule has 116 valence electrons. The van der Waals surface area contributed by atoms with Gasteiger partial charge in [-0.05, 0) is 36.8 Å². The first-order valence-electron chi connectivity index (χ1n) is 7.09. The van der Waals surface area contributed by atoms with E-state index in [4.69, 9.17) is 4.52 Å². The highest BCUT2D eigenvalue weighted by molar-refractivity contribution is 5.90. The molecule has 1 atom stereocenters. The van der Waals surface area contributed by atoms with E-state index < -0.39 is 5.91 Å². The number of hydrogen-bond donors (Lipinski definition) is 1. The highest BCUT2D eigenvalue weighted by Crippen LogP contribution is 2.17. The standard InChI is InChI=1S/C17H14FN3O2/c1-11(12-5-3-2-4-6-12)19-16(22)17-20-15(21-23-17)13-7-9-14(18)10-8-13/h2-11H,1H3,(H,19,22). The number of hydrogen-bond acceptors (Lipinski definition) is 4. The lowest BCUT2D eigenvalue weighted by molar-refractivity contribution is 0.0895. The summed E-state index contributed by atoms with van der Waals surface area (Å²) in [4.78, 5) is 16.2. The molecule has 0 spiro atoms. The van der Waals surface area contributed by atoms with Crippen LogP contribution in [-0.4, -0.2) is 16.0 Å². The number of nitrogens with one attached hydrogen (secondary N) is 1. The number of aromatic nitrogens is 2. The Morgan fingerprint density at radius 3 is 2.52 bits per heavy atom. The number of carbonyl (C=O) groups is 1. The molecule has 23 heavy (non-hydrogen) atoms. The third-order valence-corrected chi connectivity index (χ3v) is 3.37. The highest BCUT2D eigenvalue weighted by Gasteiger charge is 2.18. The van der Waals surface area contributed by atoms with E-state index in [-0.39, 0.29) is 23.6 Å². The maximum atomic E-state index is 12.9. The van der Waals surface area contributed by atoms with E-state index in [0.717, 1.165) is 5.56 Å². The van der Waals surface area contributed by atoms with Gasteiger partial charge in [0.2, 0.25) is 5.82 Å². The molecule has 1 aromatic heterocycles. The van der Waals surface area contributed by atoms with Gasteiger partial charge in [0, 0.05) is 5.56 Å². The van der Waals surface area contributed by atoms with Gasteiger partial charge in [-0.3, -0.25) is 4.79 Å². The lowest BCUT2D eigenvalue weighted by atomic mass is 10.1. The first-order valence-corrected chi connectivity index (χ1v) is 7.09. The fraction of sp³-hybridized carbons (Fsp3) is 0.118. The summed E-state index contributed by atoms with van der Waals surface area (Å²) in [5.74, 6) is -0.705. The van der Waals surface area contributed by atoms with Crippen LogP contribution in [0.15, 0.2) is 59.1 Å². The monoisotopic (exact) mass is 311 g/mol. The summed E-state index contributed by atoms with van der Waals surface area (Å²) < 4.78 is 17.9. The van der Waals surface area contributed by atoms with Gasteiger partial charge in [-0.15, -0.1) is 0 Å². The fourth-order valence-corrected chi connectivity index (χ4v) is 2.12. The molecule has 1 heterocycles. The highest BCUT2D eigenvalue weighted by atomic mass is 19.1. The number of carbonyl (C=O) groups excluding carboxylic acids is 1. The normalized spacial score (nSPS) is 11.9. The Morgan fingerprint density at radius 1 is 1.13 bits per heavy atom. The van der Waals surface area contributed by atoms with Crippen LogP contribution < -0.4 is 5.32 Å². The predicted molar refractivity (Wildman–Crippen MR) is 82.0 cm³/mol. The van der Waals surface area contributed by atoms with Crippen molar-refractivity contribution in [2.45, 2.75) is 13.0 Å². The Labute approximate surface area is 132 Å². The average molecular weight is 311 g/mol. The molecule has 0 radical (unpaired) electrons. The van der Waals surface area contributed by atoms with Crippen molar-refractivity contribution in [1.82, 2.24) is 15.5 Å². The van der Waals surface area contributed by atoms with Gasteiger partial charge in [0.15, 0.2) is 0 Å². The van der Waals surface area contributed by atoms with Gasteiger partial charge in [0.05, 0.1) is 6.04 Å². The molecule has 5 nitrogen and oxygen atoms in total. The van der Waals surface area contributed by atoms with Gasteiger partial charge in [0.1, 0.15) is 5.82 Å². The fourth-order valence-electron chi connectivity index (χ4n) is 2.12. The second kappa shape index (κ2) is 6.39. The smallest absolute Gasteiger partial charge is 0.316 e. The van der Waals surface area contributed by atoms with Crippen molar-refractivity contribution in [3.63, 3.8) is 0 Å². The van der Waals surface area contributed by atoms with Crippen LogP contribution in [0.1, 0.15) is 29.2 Å². The van der Waals surface area contributed by atoms with E-state index in [1.165, 1.54) is 24.3 Å². The first kappa shape index (κ1) is 14.9. The Balaban J connectivity index is 1.72. The largest absolute Gasteiger partial charge is 0.341 e. The van der Waals surface area contributed by atoms with Crippen molar-refractivity contribution in [1.29, 1.82) is 0 Å². The second-order valence-electron chi connectivity index (χ2n) is 5.04. The van der Waals surface area contributed by atoms with Crippen molar-refractivity contribution >= 4 is 5.91 Å². The van der Waals surface area contributed by atoms with Crippen LogP contribution in [0, 0.1) is 5.82 Å². The van der Waals surface area contributed by atoms with E-state index in [9.17, 15) is 9.18 Å². The molecule has 0 saturated heterocycles. The third kappa shape index (κ3) is 3.42. The summed E-state index contributed by atoms with van der Waals surface area (Å²) >= 11 is 0.